The van der Waals surface area contributed by atoms with Gasteiger partial charge in [-0.2, -0.15) is 9.78 Å². The molecule has 1 aromatic carbocycles. The van der Waals surface area contributed by atoms with E-state index in [1.54, 1.807) is 39.0 Å². The molecule has 2 N–H and O–H groups in total. The number of hydrogen-bond acceptors (Lipinski definition) is 5. The van der Waals surface area contributed by atoms with Gasteiger partial charge < -0.3 is 9.73 Å². The Balaban J connectivity index is 1.71. The first-order valence-electron chi connectivity index (χ1n) is 8.37. The van der Waals surface area contributed by atoms with Gasteiger partial charge in [-0.3, -0.25) is 14.6 Å². The average molecular weight is 363 g/mol. The van der Waals surface area contributed by atoms with Gasteiger partial charge in [-0.15, -0.1) is 0 Å². The van der Waals surface area contributed by atoms with Gasteiger partial charge in [-0.25, -0.2) is 4.98 Å². The van der Waals surface area contributed by atoms with Crippen LogP contribution < -0.4 is 10.9 Å². The summed E-state index contributed by atoms with van der Waals surface area (Å²) < 4.78 is 6.99. The Kier molecular flexibility index (Phi) is 3.88. The number of carbonyl (C=O) groups is 1. The van der Waals surface area contributed by atoms with Gasteiger partial charge >= 0.3 is 0 Å². The van der Waals surface area contributed by atoms with Crippen molar-refractivity contribution in [2.24, 2.45) is 0 Å². The van der Waals surface area contributed by atoms with Gasteiger partial charge in [0.2, 0.25) is 5.95 Å². The minimum absolute atomic E-state index is 0.183. The number of hydrogen-bond donors (Lipinski definition) is 2. The van der Waals surface area contributed by atoms with Crippen molar-refractivity contribution in [3.8, 4) is 5.95 Å². The summed E-state index contributed by atoms with van der Waals surface area (Å²) in [6, 6.07) is 10.7. The molecule has 4 aromatic rings. The van der Waals surface area contributed by atoms with E-state index in [1.807, 2.05) is 18.2 Å². The van der Waals surface area contributed by atoms with Crippen LogP contribution in [0.5, 0.6) is 0 Å². The van der Waals surface area contributed by atoms with Gasteiger partial charge in [0.05, 0.1) is 5.69 Å². The number of carbonyl (C=O) groups excluding carboxylic acids is 1. The zero-order chi connectivity index (χ0) is 19.1. The molecule has 4 rings (SSSR count). The molecule has 8 nitrogen and oxygen atoms in total. The predicted molar refractivity (Wildman–Crippen MR) is 100 cm³/mol. The largest absolute Gasteiger partial charge is 0.451 e. The molecule has 1 amide bonds. The third-order valence-electron chi connectivity index (χ3n) is 4.31. The van der Waals surface area contributed by atoms with E-state index >= 15 is 0 Å². The number of benzene rings is 1. The molecule has 0 fully saturated rings. The van der Waals surface area contributed by atoms with Gasteiger partial charge in [0.1, 0.15) is 11.4 Å². The summed E-state index contributed by atoms with van der Waals surface area (Å²) in [5.41, 5.74) is 2.18. The van der Waals surface area contributed by atoms with Crippen LogP contribution in [0, 0.1) is 20.8 Å². The number of aromatic amines is 1. The van der Waals surface area contributed by atoms with Crippen molar-refractivity contribution in [3.05, 3.63) is 69.5 Å². The number of amides is 1. The highest BCUT2D eigenvalue weighted by Gasteiger charge is 2.17. The van der Waals surface area contributed by atoms with Crippen LogP contribution in [0.3, 0.4) is 0 Å². The number of rotatable bonds is 3. The van der Waals surface area contributed by atoms with Gasteiger partial charge in [0.25, 0.3) is 11.5 Å². The predicted octanol–water partition coefficient (Wildman–Crippen LogP) is 2.88. The van der Waals surface area contributed by atoms with E-state index in [9.17, 15) is 9.59 Å². The van der Waals surface area contributed by atoms with Crippen LogP contribution in [0.1, 0.15) is 27.5 Å². The SMILES string of the molecule is Cc1cc(NC(=O)c2cc3ccccc3o2)n(-c2nc(C)c(C)c(=O)[nH]2)n1. The molecule has 8 heteroatoms. The number of anilines is 1. The van der Waals surface area contributed by atoms with Crippen molar-refractivity contribution in [1.82, 2.24) is 19.7 Å². The first kappa shape index (κ1) is 16.8. The van der Waals surface area contributed by atoms with Crippen molar-refractivity contribution in [3.63, 3.8) is 0 Å². The molecule has 0 aliphatic heterocycles. The lowest BCUT2D eigenvalue weighted by Crippen LogP contribution is -2.20. The highest BCUT2D eigenvalue weighted by molar-refractivity contribution is 6.04. The Morgan fingerprint density at radius 3 is 2.70 bits per heavy atom. The highest BCUT2D eigenvalue weighted by Crippen LogP contribution is 2.21. The van der Waals surface area contributed by atoms with Crippen molar-refractivity contribution >= 4 is 22.7 Å². The molecule has 0 saturated carbocycles. The van der Waals surface area contributed by atoms with Crippen LogP contribution in [0.2, 0.25) is 0 Å². The summed E-state index contributed by atoms with van der Waals surface area (Å²) in [4.78, 5) is 31.7. The molecule has 0 atom stereocenters. The molecule has 3 heterocycles. The van der Waals surface area contributed by atoms with Gasteiger partial charge in [0.15, 0.2) is 5.76 Å². The van der Waals surface area contributed by atoms with Crippen LogP contribution in [0.25, 0.3) is 16.9 Å². The van der Waals surface area contributed by atoms with Crippen molar-refractivity contribution in [2.45, 2.75) is 20.8 Å². The molecular formula is C19H17N5O3. The number of H-pyrrole nitrogens is 1. The summed E-state index contributed by atoms with van der Waals surface area (Å²) in [6.07, 6.45) is 0. The fraction of sp³-hybridized carbons (Fsp3) is 0.158. The Morgan fingerprint density at radius 1 is 1.19 bits per heavy atom. The van der Waals surface area contributed by atoms with Gasteiger partial charge in [-0.05, 0) is 32.9 Å². The number of fused-ring (bicyclic) bond motifs is 1. The van der Waals surface area contributed by atoms with E-state index < -0.39 is 5.91 Å². The molecular weight excluding hydrogens is 346 g/mol. The van der Waals surface area contributed by atoms with Crippen LogP contribution in [-0.2, 0) is 0 Å². The van der Waals surface area contributed by atoms with E-state index in [0.29, 0.717) is 28.4 Å². The number of nitrogens with zero attached hydrogens (tertiary/aromatic N) is 3. The lowest BCUT2D eigenvalue weighted by atomic mass is 10.2. The fourth-order valence-corrected chi connectivity index (χ4v) is 2.75. The summed E-state index contributed by atoms with van der Waals surface area (Å²) >= 11 is 0. The monoisotopic (exact) mass is 363 g/mol. The zero-order valence-electron chi connectivity index (χ0n) is 15.0. The van der Waals surface area contributed by atoms with Gasteiger partial charge in [0, 0.05) is 22.7 Å². The molecule has 0 bridgehead atoms. The summed E-state index contributed by atoms with van der Waals surface area (Å²) in [7, 11) is 0. The number of para-hydroxylation sites is 1. The van der Waals surface area contributed by atoms with Gasteiger partial charge in [-0.1, -0.05) is 18.2 Å². The Labute approximate surface area is 153 Å². The molecule has 27 heavy (non-hydrogen) atoms. The van der Waals surface area contributed by atoms with Crippen molar-refractivity contribution < 1.29 is 9.21 Å². The van der Waals surface area contributed by atoms with E-state index in [0.717, 1.165) is 5.39 Å². The topological polar surface area (TPSA) is 106 Å². The van der Waals surface area contributed by atoms with Crippen molar-refractivity contribution in [2.75, 3.05) is 5.32 Å². The van der Waals surface area contributed by atoms with Crippen LogP contribution >= 0.6 is 0 Å². The molecule has 0 aliphatic rings. The van der Waals surface area contributed by atoms with E-state index in [4.69, 9.17) is 4.42 Å². The fourth-order valence-electron chi connectivity index (χ4n) is 2.75. The second-order valence-corrected chi connectivity index (χ2v) is 6.29. The van der Waals surface area contributed by atoms with E-state index in [1.165, 1.54) is 4.68 Å². The normalized spacial score (nSPS) is 11.1. The Hall–Kier alpha value is -3.68. The molecule has 0 aliphatic carbocycles. The highest BCUT2D eigenvalue weighted by atomic mass is 16.3. The number of nitrogens with one attached hydrogen (secondary N) is 2. The standard InChI is InChI=1S/C19H17N5O3/c1-10-8-16(24(23-10)19-20-12(3)11(2)17(25)22-19)21-18(26)15-9-13-6-4-5-7-14(13)27-15/h4-9H,1-3H3,(H,21,26)(H,20,22,25). The lowest BCUT2D eigenvalue weighted by molar-refractivity contribution is 0.0998. The smallest absolute Gasteiger partial charge is 0.292 e. The maximum atomic E-state index is 12.6. The van der Waals surface area contributed by atoms with E-state index in [-0.39, 0.29) is 17.3 Å². The maximum absolute atomic E-state index is 12.6. The Morgan fingerprint density at radius 2 is 1.96 bits per heavy atom. The minimum Gasteiger partial charge on any atom is -0.451 e. The average Bonchev–Trinajstić information content (AvgIpc) is 3.22. The number of aryl methyl sites for hydroxylation is 2. The van der Waals surface area contributed by atoms with Crippen LogP contribution in [0.4, 0.5) is 5.82 Å². The second-order valence-electron chi connectivity index (χ2n) is 6.29. The quantitative estimate of drug-likeness (QED) is 0.582. The number of aromatic nitrogens is 4. The summed E-state index contributed by atoms with van der Waals surface area (Å²) in [5.74, 6) is 0.377. The maximum Gasteiger partial charge on any atom is 0.292 e. The van der Waals surface area contributed by atoms with Crippen molar-refractivity contribution in [1.29, 1.82) is 0 Å². The lowest BCUT2D eigenvalue weighted by Gasteiger charge is -2.08. The molecule has 136 valence electrons. The minimum atomic E-state index is -0.418. The zero-order valence-corrected chi connectivity index (χ0v) is 15.0. The number of furan rings is 1. The molecule has 0 unspecified atom stereocenters. The third kappa shape index (κ3) is 3.01. The first-order chi connectivity index (χ1) is 12.9. The Bertz CT molecular complexity index is 1200. The first-order valence-corrected chi connectivity index (χ1v) is 8.37. The summed E-state index contributed by atoms with van der Waals surface area (Å²) in [6.45, 7) is 5.23. The third-order valence-corrected chi connectivity index (χ3v) is 4.31. The van der Waals surface area contributed by atoms with E-state index in [2.05, 4.69) is 20.4 Å². The molecule has 3 aromatic heterocycles. The summed E-state index contributed by atoms with van der Waals surface area (Å²) in [5, 5.41) is 7.93. The molecule has 0 radical (unpaired) electrons. The second kappa shape index (κ2) is 6.24. The van der Waals surface area contributed by atoms with Crippen LogP contribution in [-0.4, -0.2) is 25.7 Å². The molecule has 0 spiro atoms. The molecule has 0 saturated heterocycles. The van der Waals surface area contributed by atoms with Crippen LogP contribution in [0.15, 0.2) is 45.6 Å².